The molecule has 0 aliphatic rings. The van der Waals surface area contributed by atoms with Gasteiger partial charge >= 0.3 is 0 Å². The fourth-order valence-corrected chi connectivity index (χ4v) is 2.13. The highest BCUT2D eigenvalue weighted by Gasteiger charge is 2.21. The first kappa shape index (κ1) is 14.4. The van der Waals surface area contributed by atoms with Crippen molar-refractivity contribution in [3.8, 4) is 11.5 Å². The SMILES string of the molecule is CC(C)Oc1cccc(Cl)c1C(=O)c1ccccc1O. The standard InChI is InChI=1S/C16H15ClO3/c1-10(2)20-14-9-5-7-12(17)15(14)16(19)11-6-3-4-8-13(11)18/h3-10,18H,1-2H3. The molecule has 104 valence electrons. The molecule has 0 atom stereocenters. The van der Waals surface area contributed by atoms with E-state index in [0.29, 0.717) is 10.8 Å². The lowest BCUT2D eigenvalue weighted by Crippen LogP contribution is -2.11. The molecule has 2 rings (SSSR count). The summed E-state index contributed by atoms with van der Waals surface area (Å²) in [5.74, 6) is -0.0157. The van der Waals surface area contributed by atoms with Crippen molar-refractivity contribution < 1.29 is 14.6 Å². The van der Waals surface area contributed by atoms with Gasteiger partial charge in [0, 0.05) is 0 Å². The largest absolute Gasteiger partial charge is 0.507 e. The number of aromatic hydroxyl groups is 1. The third-order valence-electron chi connectivity index (χ3n) is 2.71. The van der Waals surface area contributed by atoms with Crippen molar-refractivity contribution in [3.05, 3.63) is 58.6 Å². The van der Waals surface area contributed by atoms with Crippen molar-refractivity contribution in [2.45, 2.75) is 20.0 Å². The van der Waals surface area contributed by atoms with Gasteiger partial charge in [-0.3, -0.25) is 4.79 Å². The van der Waals surface area contributed by atoms with E-state index >= 15 is 0 Å². The van der Waals surface area contributed by atoms with Crippen LogP contribution in [0.5, 0.6) is 11.5 Å². The second kappa shape index (κ2) is 5.97. The smallest absolute Gasteiger partial charge is 0.201 e. The van der Waals surface area contributed by atoms with Crippen LogP contribution in [0.3, 0.4) is 0 Å². The molecule has 0 saturated carbocycles. The Bertz CT molecular complexity index is 635. The minimum Gasteiger partial charge on any atom is -0.507 e. The molecule has 2 aromatic carbocycles. The molecule has 2 aromatic rings. The summed E-state index contributed by atoms with van der Waals surface area (Å²) in [6.45, 7) is 3.74. The molecule has 0 unspecified atom stereocenters. The number of halogens is 1. The van der Waals surface area contributed by atoms with E-state index < -0.39 is 0 Å². The summed E-state index contributed by atoms with van der Waals surface area (Å²) < 4.78 is 5.62. The third-order valence-corrected chi connectivity index (χ3v) is 3.03. The number of carbonyl (C=O) groups excluding carboxylic acids is 1. The van der Waals surface area contributed by atoms with E-state index in [1.54, 1.807) is 36.4 Å². The summed E-state index contributed by atoms with van der Waals surface area (Å²) in [6, 6.07) is 11.4. The second-order valence-electron chi connectivity index (χ2n) is 4.63. The molecule has 0 spiro atoms. The summed E-state index contributed by atoms with van der Waals surface area (Å²) >= 11 is 6.13. The predicted octanol–water partition coefficient (Wildman–Crippen LogP) is 4.06. The van der Waals surface area contributed by atoms with Crippen LogP contribution >= 0.6 is 11.6 Å². The molecule has 3 nitrogen and oxygen atoms in total. The lowest BCUT2D eigenvalue weighted by atomic mass is 10.0. The van der Waals surface area contributed by atoms with Gasteiger partial charge in [0.1, 0.15) is 11.5 Å². The monoisotopic (exact) mass is 290 g/mol. The van der Waals surface area contributed by atoms with Gasteiger partial charge < -0.3 is 9.84 Å². The van der Waals surface area contributed by atoms with Crippen LogP contribution in [0.4, 0.5) is 0 Å². The van der Waals surface area contributed by atoms with Crippen LogP contribution in [-0.4, -0.2) is 17.0 Å². The Balaban J connectivity index is 2.52. The van der Waals surface area contributed by atoms with Gasteiger partial charge in [0.05, 0.1) is 22.3 Å². The lowest BCUT2D eigenvalue weighted by Gasteiger charge is -2.15. The number of para-hydroxylation sites is 1. The van der Waals surface area contributed by atoms with E-state index in [0.717, 1.165) is 0 Å². The first-order valence-electron chi connectivity index (χ1n) is 6.28. The average Bonchev–Trinajstić information content (AvgIpc) is 2.38. The molecule has 4 heteroatoms. The maximum atomic E-state index is 12.6. The highest BCUT2D eigenvalue weighted by Crippen LogP contribution is 2.31. The van der Waals surface area contributed by atoms with Crippen molar-refractivity contribution >= 4 is 17.4 Å². The number of ether oxygens (including phenoxy) is 1. The van der Waals surface area contributed by atoms with Crippen LogP contribution in [0.25, 0.3) is 0 Å². The van der Waals surface area contributed by atoms with Gasteiger partial charge in [-0.15, -0.1) is 0 Å². The minimum absolute atomic E-state index is 0.0760. The molecular weight excluding hydrogens is 276 g/mol. The number of phenols is 1. The highest BCUT2D eigenvalue weighted by molar-refractivity contribution is 6.35. The lowest BCUT2D eigenvalue weighted by molar-refractivity contribution is 0.103. The Morgan fingerprint density at radius 2 is 1.85 bits per heavy atom. The summed E-state index contributed by atoms with van der Waals surface area (Å²) in [5.41, 5.74) is 0.471. The van der Waals surface area contributed by atoms with Crippen molar-refractivity contribution in [2.24, 2.45) is 0 Å². The molecular formula is C16H15ClO3. The second-order valence-corrected chi connectivity index (χ2v) is 5.03. The molecule has 20 heavy (non-hydrogen) atoms. The van der Waals surface area contributed by atoms with Crippen LogP contribution in [0, 0.1) is 0 Å². The van der Waals surface area contributed by atoms with Crippen molar-refractivity contribution in [2.75, 3.05) is 0 Å². The van der Waals surface area contributed by atoms with Gasteiger partial charge in [0.25, 0.3) is 0 Å². The van der Waals surface area contributed by atoms with Crippen LogP contribution in [0.1, 0.15) is 29.8 Å². The van der Waals surface area contributed by atoms with Gasteiger partial charge in [0.15, 0.2) is 0 Å². The maximum Gasteiger partial charge on any atom is 0.201 e. The zero-order valence-electron chi connectivity index (χ0n) is 11.3. The molecule has 0 aliphatic heterocycles. The van der Waals surface area contributed by atoms with Crippen LogP contribution < -0.4 is 4.74 Å². The Labute approximate surface area is 122 Å². The van der Waals surface area contributed by atoms with Crippen molar-refractivity contribution in [1.82, 2.24) is 0 Å². The molecule has 0 aliphatic carbocycles. The molecule has 0 bridgehead atoms. The average molecular weight is 291 g/mol. The number of carbonyl (C=O) groups is 1. The molecule has 0 amide bonds. The molecule has 0 radical (unpaired) electrons. The number of ketones is 1. The molecule has 1 N–H and O–H groups in total. The topological polar surface area (TPSA) is 46.5 Å². The third kappa shape index (κ3) is 2.94. The van der Waals surface area contributed by atoms with Gasteiger partial charge in [-0.2, -0.15) is 0 Å². The maximum absolute atomic E-state index is 12.6. The van der Waals surface area contributed by atoms with Gasteiger partial charge in [-0.1, -0.05) is 29.8 Å². The predicted molar refractivity (Wildman–Crippen MR) is 78.8 cm³/mol. The quantitative estimate of drug-likeness (QED) is 0.864. The summed E-state index contributed by atoms with van der Waals surface area (Å²) in [7, 11) is 0. The zero-order valence-corrected chi connectivity index (χ0v) is 12.0. The summed E-state index contributed by atoms with van der Waals surface area (Å²) in [4.78, 5) is 12.6. The Hall–Kier alpha value is -2.00. The van der Waals surface area contributed by atoms with Crippen LogP contribution in [-0.2, 0) is 0 Å². The first-order chi connectivity index (χ1) is 9.50. The van der Waals surface area contributed by atoms with E-state index in [4.69, 9.17) is 16.3 Å². The van der Waals surface area contributed by atoms with Gasteiger partial charge in [-0.25, -0.2) is 0 Å². The summed E-state index contributed by atoms with van der Waals surface area (Å²) in [6.07, 6.45) is -0.0793. The molecule has 0 heterocycles. The minimum atomic E-state index is -0.357. The fraction of sp³-hybridized carbons (Fsp3) is 0.188. The molecule has 0 saturated heterocycles. The van der Waals surface area contributed by atoms with Gasteiger partial charge in [-0.05, 0) is 38.1 Å². The fourth-order valence-electron chi connectivity index (χ4n) is 1.88. The van der Waals surface area contributed by atoms with Gasteiger partial charge in [0.2, 0.25) is 5.78 Å². The molecule has 0 aromatic heterocycles. The summed E-state index contributed by atoms with van der Waals surface area (Å²) in [5, 5.41) is 10.1. The molecule has 0 fully saturated rings. The normalized spacial score (nSPS) is 10.6. The highest BCUT2D eigenvalue weighted by atomic mass is 35.5. The van der Waals surface area contributed by atoms with Crippen LogP contribution in [0.2, 0.25) is 5.02 Å². The van der Waals surface area contributed by atoms with E-state index in [2.05, 4.69) is 0 Å². The number of benzene rings is 2. The van der Waals surface area contributed by atoms with Crippen molar-refractivity contribution in [3.63, 3.8) is 0 Å². The van der Waals surface area contributed by atoms with Crippen LogP contribution in [0.15, 0.2) is 42.5 Å². The number of hydrogen-bond donors (Lipinski definition) is 1. The zero-order chi connectivity index (χ0) is 14.7. The number of hydrogen-bond acceptors (Lipinski definition) is 3. The van der Waals surface area contributed by atoms with Crippen molar-refractivity contribution in [1.29, 1.82) is 0 Å². The number of rotatable bonds is 4. The Kier molecular flexibility index (Phi) is 4.30. The van der Waals surface area contributed by atoms with E-state index in [1.165, 1.54) is 6.07 Å². The van der Waals surface area contributed by atoms with E-state index in [-0.39, 0.29) is 28.8 Å². The number of phenolic OH excluding ortho intramolecular Hbond substituents is 1. The Morgan fingerprint density at radius 1 is 1.15 bits per heavy atom. The Morgan fingerprint density at radius 3 is 2.50 bits per heavy atom. The van der Waals surface area contributed by atoms with E-state index in [1.807, 2.05) is 13.8 Å². The van der Waals surface area contributed by atoms with E-state index in [9.17, 15) is 9.90 Å². The first-order valence-corrected chi connectivity index (χ1v) is 6.66.